The number of hydrogen-bond acceptors (Lipinski definition) is 0. The van der Waals surface area contributed by atoms with Gasteiger partial charge in [0.15, 0.2) is 0 Å². The fourth-order valence-corrected chi connectivity index (χ4v) is 3.48. The van der Waals surface area contributed by atoms with Crippen molar-refractivity contribution in [2.45, 2.75) is 0 Å². The van der Waals surface area contributed by atoms with Gasteiger partial charge in [-0.05, 0) is 16.7 Å². The molecule has 0 saturated heterocycles. The summed E-state index contributed by atoms with van der Waals surface area (Å²) in [6.07, 6.45) is 0. The molecule has 22 heavy (non-hydrogen) atoms. The third kappa shape index (κ3) is 2.73. The molecule has 0 radical (unpaired) electrons. The van der Waals surface area contributed by atoms with Gasteiger partial charge in [0, 0.05) is 5.57 Å². The molecule has 0 fully saturated rings. The van der Waals surface area contributed by atoms with Crippen LogP contribution in [0.25, 0.3) is 5.57 Å². The van der Waals surface area contributed by atoms with E-state index in [4.69, 9.17) is 46.4 Å². The van der Waals surface area contributed by atoms with E-state index in [0.29, 0.717) is 15.6 Å². The van der Waals surface area contributed by atoms with Crippen LogP contribution >= 0.6 is 46.4 Å². The van der Waals surface area contributed by atoms with Crippen molar-refractivity contribution < 1.29 is 0 Å². The maximum atomic E-state index is 6.39. The quantitative estimate of drug-likeness (QED) is 0.542. The Balaban J connectivity index is 2.36. The third-order valence-electron chi connectivity index (χ3n) is 3.39. The van der Waals surface area contributed by atoms with Crippen molar-refractivity contribution in [1.29, 1.82) is 0 Å². The molecule has 0 heterocycles. The number of hydrogen-bond donors (Lipinski definition) is 0. The average Bonchev–Trinajstić information content (AvgIpc) is 2.75. The molecule has 0 amide bonds. The SMILES string of the molecule is ClC1=C(Cl)C(=C(c2ccccc2)c2ccccc2)C(Cl)=C1Cl. The van der Waals surface area contributed by atoms with Gasteiger partial charge in [-0.1, -0.05) is 107 Å². The van der Waals surface area contributed by atoms with Crippen LogP contribution in [-0.2, 0) is 0 Å². The van der Waals surface area contributed by atoms with E-state index in [2.05, 4.69) is 0 Å². The smallest absolute Gasteiger partial charge is 0.0800 e. The second-order valence-corrected chi connectivity index (χ2v) is 6.25. The summed E-state index contributed by atoms with van der Waals surface area (Å²) in [6, 6.07) is 19.8. The summed E-state index contributed by atoms with van der Waals surface area (Å²) < 4.78 is 0. The van der Waals surface area contributed by atoms with Gasteiger partial charge in [0.25, 0.3) is 0 Å². The Morgan fingerprint density at radius 1 is 0.500 bits per heavy atom. The largest absolute Gasteiger partial charge is 0.0819 e. The van der Waals surface area contributed by atoms with Crippen LogP contribution in [0.1, 0.15) is 11.1 Å². The zero-order valence-electron chi connectivity index (χ0n) is 11.3. The van der Waals surface area contributed by atoms with Crippen LogP contribution in [0, 0.1) is 0 Å². The second-order valence-electron chi connectivity index (χ2n) is 4.74. The minimum Gasteiger partial charge on any atom is -0.0819 e. The molecule has 0 unspecified atom stereocenters. The molecule has 0 atom stereocenters. The lowest BCUT2D eigenvalue weighted by Gasteiger charge is -2.13. The van der Waals surface area contributed by atoms with Gasteiger partial charge >= 0.3 is 0 Å². The Bertz CT molecular complexity index is 732. The van der Waals surface area contributed by atoms with E-state index in [1.54, 1.807) is 0 Å². The summed E-state index contributed by atoms with van der Waals surface area (Å²) in [5.74, 6) is 0. The molecule has 0 bridgehead atoms. The maximum absolute atomic E-state index is 6.39. The maximum Gasteiger partial charge on any atom is 0.0800 e. The molecule has 0 nitrogen and oxygen atoms in total. The number of benzene rings is 2. The number of allylic oxidation sites excluding steroid dienone is 5. The van der Waals surface area contributed by atoms with Crippen LogP contribution in [0.3, 0.4) is 0 Å². The molecular weight excluding hydrogens is 358 g/mol. The Kier molecular flexibility index (Phi) is 4.65. The van der Waals surface area contributed by atoms with Gasteiger partial charge in [-0.2, -0.15) is 0 Å². The molecule has 1 aliphatic carbocycles. The zero-order valence-corrected chi connectivity index (χ0v) is 14.3. The minimum absolute atomic E-state index is 0.285. The summed E-state index contributed by atoms with van der Waals surface area (Å²) in [7, 11) is 0. The predicted octanol–water partition coefficient (Wildman–Crippen LogP) is 6.88. The predicted molar refractivity (Wildman–Crippen MR) is 96.4 cm³/mol. The van der Waals surface area contributed by atoms with Crippen molar-refractivity contribution in [1.82, 2.24) is 0 Å². The standard InChI is InChI=1S/C18H10Cl4/c19-15-14(16(20)18(22)17(15)21)13(11-7-3-1-4-8-11)12-9-5-2-6-10-12/h1-10H. The Hall–Kier alpha value is -1.18. The van der Waals surface area contributed by atoms with Crippen molar-refractivity contribution in [3.8, 4) is 0 Å². The van der Waals surface area contributed by atoms with Crippen molar-refractivity contribution in [3.63, 3.8) is 0 Å². The first-order valence-corrected chi connectivity index (χ1v) is 8.09. The summed E-state index contributed by atoms with van der Waals surface area (Å²) in [5.41, 5.74) is 3.56. The first-order chi connectivity index (χ1) is 10.6. The molecule has 2 aromatic rings. The molecule has 0 saturated carbocycles. The summed E-state index contributed by atoms with van der Waals surface area (Å²) >= 11 is 25.1. The Morgan fingerprint density at radius 2 is 0.864 bits per heavy atom. The summed E-state index contributed by atoms with van der Waals surface area (Å²) in [6.45, 7) is 0. The highest BCUT2D eigenvalue weighted by Gasteiger charge is 2.29. The van der Waals surface area contributed by atoms with E-state index in [9.17, 15) is 0 Å². The molecule has 1 aliphatic rings. The number of rotatable bonds is 2. The Morgan fingerprint density at radius 3 is 1.23 bits per heavy atom. The molecule has 0 aliphatic heterocycles. The van der Waals surface area contributed by atoms with Crippen molar-refractivity contribution in [3.05, 3.63) is 97.5 Å². The van der Waals surface area contributed by atoms with Gasteiger partial charge in [-0.25, -0.2) is 0 Å². The van der Waals surface area contributed by atoms with Crippen LogP contribution in [0.15, 0.2) is 86.4 Å². The van der Waals surface area contributed by atoms with Gasteiger partial charge < -0.3 is 0 Å². The van der Waals surface area contributed by atoms with Gasteiger partial charge in [-0.15, -0.1) is 0 Å². The van der Waals surface area contributed by atoms with Crippen molar-refractivity contribution in [2.24, 2.45) is 0 Å². The van der Waals surface area contributed by atoms with E-state index in [1.807, 2.05) is 60.7 Å². The van der Waals surface area contributed by atoms with Crippen molar-refractivity contribution in [2.75, 3.05) is 0 Å². The molecule has 110 valence electrons. The molecule has 2 aromatic carbocycles. The first-order valence-electron chi connectivity index (χ1n) is 6.58. The zero-order chi connectivity index (χ0) is 15.7. The van der Waals surface area contributed by atoms with E-state index in [1.165, 1.54) is 0 Å². The molecule has 0 aromatic heterocycles. The summed E-state index contributed by atoms with van der Waals surface area (Å²) in [5, 5.41) is 1.32. The molecule has 4 heteroatoms. The highest BCUT2D eigenvalue weighted by atomic mass is 35.5. The lowest BCUT2D eigenvalue weighted by Crippen LogP contribution is -1.94. The monoisotopic (exact) mass is 366 g/mol. The highest BCUT2D eigenvalue weighted by molar-refractivity contribution is 6.55. The normalized spacial score (nSPS) is 14.8. The molecule has 3 rings (SSSR count). The van der Waals surface area contributed by atoms with E-state index < -0.39 is 0 Å². The van der Waals surface area contributed by atoms with E-state index in [0.717, 1.165) is 16.7 Å². The van der Waals surface area contributed by atoms with Gasteiger partial charge in [-0.3, -0.25) is 0 Å². The van der Waals surface area contributed by atoms with Crippen LogP contribution < -0.4 is 0 Å². The number of halogens is 4. The molecule has 0 N–H and O–H groups in total. The first kappa shape index (κ1) is 15.7. The lowest BCUT2D eigenvalue weighted by atomic mass is 9.93. The summed E-state index contributed by atoms with van der Waals surface area (Å²) in [4.78, 5) is 0. The van der Waals surface area contributed by atoms with E-state index in [-0.39, 0.29) is 10.1 Å². The van der Waals surface area contributed by atoms with Crippen molar-refractivity contribution >= 4 is 52.0 Å². The van der Waals surface area contributed by atoms with Crippen LogP contribution in [0.5, 0.6) is 0 Å². The fourth-order valence-electron chi connectivity index (χ4n) is 2.39. The average molecular weight is 368 g/mol. The van der Waals surface area contributed by atoms with Crippen LogP contribution in [-0.4, -0.2) is 0 Å². The van der Waals surface area contributed by atoms with Gasteiger partial charge in [0.1, 0.15) is 0 Å². The van der Waals surface area contributed by atoms with E-state index >= 15 is 0 Å². The second kappa shape index (κ2) is 6.52. The minimum atomic E-state index is 0.285. The van der Waals surface area contributed by atoms with Crippen LogP contribution in [0.4, 0.5) is 0 Å². The molecule has 0 spiro atoms. The Labute approximate surface area is 149 Å². The van der Waals surface area contributed by atoms with Gasteiger partial charge in [0.05, 0.1) is 20.1 Å². The highest BCUT2D eigenvalue weighted by Crippen LogP contribution is 2.49. The van der Waals surface area contributed by atoms with Crippen LogP contribution in [0.2, 0.25) is 0 Å². The topological polar surface area (TPSA) is 0 Å². The third-order valence-corrected chi connectivity index (χ3v) is 5.19. The molecular formula is C18H10Cl4. The fraction of sp³-hybridized carbons (Fsp3) is 0. The van der Waals surface area contributed by atoms with Gasteiger partial charge in [0.2, 0.25) is 0 Å². The lowest BCUT2D eigenvalue weighted by molar-refractivity contribution is 1.51.